The van der Waals surface area contributed by atoms with Crippen molar-refractivity contribution in [2.75, 3.05) is 13.1 Å². The van der Waals surface area contributed by atoms with Gasteiger partial charge in [-0.1, -0.05) is 255 Å². The Kier molecular flexibility index (Phi) is 21.6. The average molecular weight is 1360 g/mol. The molecule has 12 rings (SSSR count). The molecule has 4 aliphatic rings. The number of carbonyl (C=O) groups is 2. The van der Waals surface area contributed by atoms with Gasteiger partial charge in [-0.3, -0.25) is 19.4 Å². The van der Waals surface area contributed by atoms with E-state index in [4.69, 9.17) is 41.9 Å². The van der Waals surface area contributed by atoms with E-state index < -0.39 is 0 Å². The van der Waals surface area contributed by atoms with Crippen molar-refractivity contribution in [1.82, 2.24) is 27.3 Å². The second-order valence-electron chi connectivity index (χ2n) is 27.5. The molecule has 2 fully saturated rings. The average Bonchev–Trinajstić information content (AvgIpc) is 1.54. The van der Waals surface area contributed by atoms with Gasteiger partial charge in [-0.25, -0.2) is 0 Å². The van der Waals surface area contributed by atoms with E-state index in [1.807, 2.05) is 26.0 Å². The van der Waals surface area contributed by atoms with Crippen LogP contribution in [0.2, 0.25) is 0 Å². The van der Waals surface area contributed by atoms with Crippen LogP contribution in [0, 0.1) is 23.7 Å². The van der Waals surface area contributed by atoms with Crippen molar-refractivity contribution in [3.05, 3.63) is 128 Å². The Hall–Kier alpha value is -5.48. The van der Waals surface area contributed by atoms with Gasteiger partial charge in [0.25, 0.3) is 11.8 Å². The largest absolute Gasteiger partial charge is 0.293 e. The number of thiocarbonyl (C=S) groups is 2. The van der Waals surface area contributed by atoms with Crippen LogP contribution in [-0.4, -0.2) is 60.8 Å². The summed E-state index contributed by atoms with van der Waals surface area (Å²) in [6.07, 6.45) is 27.6. The van der Waals surface area contributed by atoms with Gasteiger partial charge < -0.3 is 0 Å². The molecule has 492 valence electrons. The lowest BCUT2D eigenvalue weighted by Gasteiger charge is -2.39. The summed E-state index contributed by atoms with van der Waals surface area (Å²) in [5.74, 6) is 2.16. The molecule has 4 unspecified atom stereocenters. The topological polar surface area (TPSA) is 92.2 Å². The molecule has 4 atom stereocenters. The zero-order valence-corrected chi connectivity index (χ0v) is 62.0. The van der Waals surface area contributed by atoms with Crippen LogP contribution in [0.15, 0.2) is 94.7 Å². The molecular weight excluding hydrogens is 1270 g/mol. The maximum Gasteiger partial charge on any atom is 0.266 e. The predicted octanol–water partition coefficient (Wildman–Crippen LogP) is 23.6. The van der Waals surface area contributed by atoms with Gasteiger partial charge in [-0.2, -0.15) is 17.5 Å². The van der Waals surface area contributed by atoms with Crippen LogP contribution in [0.4, 0.5) is 0 Å². The first-order valence-corrected chi connectivity index (χ1v) is 39.6. The Bertz CT molecular complexity index is 3950. The number of fused-ring (bicyclic) bond motifs is 9. The second-order valence-corrected chi connectivity index (χ2v) is 31.9. The Morgan fingerprint density at radius 3 is 1.06 bits per heavy atom. The van der Waals surface area contributed by atoms with Gasteiger partial charge >= 0.3 is 0 Å². The number of thioether (sulfide) groups is 2. The standard InChI is InChI=1S/C80H94N6O2S6/c1-11-21-25-49(15-5)45-79(46-50(16-6)26-22-12-2)65-39-53(59-33-31-55(71-73(59)83-93-81-71)43-69-75(87)85(19-9)77(89)91-69)29-35-61(65)63-37-58-42-68-64(38-57(58)41-67(63)79)62-36-30-54(40-66(62)80(68,47-51(17-7)27-23-13-3)48-52(18-8)28-24-14-4)60-34-32-56(72-74(60)84-94-82-72)44-70-76(88)86(20-10)78(90)92-70/h29-44,49-52H,11-28,45-48H2,1-10H3/b69-43-,70-44-. The van der Waals surface area contributed by atoms with E-state index in [0.717, 1.165) is 95.7 Å². The molecule has 14 heteroatoms. The lowest BCUT2D eigenvalue weighted by molar-refractivity contribution is -0.122. The van der Waals surface area contributed by atoms with Gasteiger partial charge in [0, 0.05) is 46.2 Å². The van der Waals surface area contributed by atoms with Gasteiger partial charge in [-0.15, -0.1) is 0 Å². The molecule has 8 nitrogen and oxygen atoms in total. The third kappa shape index (κ3) is 12.8. The molecule has 2 amide bonds. The van der Waals surface area contributed by atoms with Crippen LogP contribution >= 0.6 is 71.4 Å². The molecule has 0 N–H and O–H groups in total. The first-order chi connectivity index (χ1) is 45.7. The molecular formula is C80H94N6O2S6. The molecule has 0 saturated carbocycles. The van der Waals surface area contributed by atoms with E-state index in [1.165, 1.54) is 190 Å². The van der Waals surface area contributed by atoms with Crippen molar-refractivity contribution in [2.45, 2.75) is 208 Å². The molecule has 6 aromatic carbocycles. The number of hydrogen-bond acceptors (Lipinski definition) is 12. The number of nitrogens with zero attached hydrogens (tertiary/aromatic N) is 6. The van der Waals surface area contributed by atoms with Crippen LogP contribution in [0.25, 0.3) is 89.5 Å². The number of rotatable bonds is 30. The minimum Gasteiger partial charge on any atom is -0.293 e. The number of likely N-dealkylation sites (N-methyl/N-ethyl adjacent to an activating group) is 2. The molecule has 2 saturated heterocycles. The lowest BCUT2D eigenvalue weighted by Crippen LogP contribution is -2.32. The number of amides is 2. The van der Waals surface area contributed by atoms with E-state index in [9.17, 15) is 9.59 Å². The molecule has 94 heavy (non-hydrogen) atoms. The molecule has 2 aliphatic carbocycles. The van der Waals surface area contributed by atoms with Gasteiger partial charge in [-0.05, 0) is 178 Å². The fourth-order valence-electron chi connectivity index (χ4n) is 16.7. The molecule has 2 aliphatic heterocycles. The monoisotopic (exact) mass is 1360 g/mol. The van der Waals surface area contributed by atoms with Gasteiger partial charge in [0.1, 0.15) is 30.7 Å². The van der Waals surface area contributed by atoms with Gasteiger partial charge in [0.05, 0.1) is 33.3 Å². The summed E-state index contributed by atoms with van der Waals surface area (Å²) >= 11 is 16.5. The van der Waals surface area contributed by atoms with Crippen LogP contribution < -0.4 is 0 Å². The maximum atomic E-state index is 13.5. The molecule has 4 heterocycles. The minimum absolute atomic E-state index is 0.0462. The van der Waals surface area contributed by atoms with Crippen molar-refractivity contribution in [1.29, 1.82) is 0 Å². The highest BCUT2D eigenvalue weighted by atomic mass is 32.2. The molecule has 0 spiro atoms. The highest BCUT2D eigenvalue weighted by molar-refractivity contribution is 8.27. The molecule has 0 bridgehead atoms. The highest BCUT2D eigenvalue weighted by Gasteiger charge is 2.49. The SMILES string of the molecule is CCCCC(CC)CC1(CC(CC)CCCC)c2cc(-c3ccc(/C=C4\SC(=S)N(CC)C4=O)c4nsnc34)ccc2-c2cc3cc4c(cc3cc21)-c1ccc(-c2ccc(/C=C3\SC(=S)N(CC)C3=O)c3nsnc23)cc1C4(CC(CC)CCCC)CC(CC)CCCC. The third-order valence-electron chi connectivity index (χ3n) is 22.0. The van der Waals surface area contributed by atoms with Crippen molar-refractivity contribution >= 4 is 137 Å². The number of aromatic nitrogens is 4. The normalized spacial score (nSPS) is 19.8. The fraction of sp³-hybridized carbons (Fsp3) is 0.475. The Balaban J connectivity index is 1.06. The van der Waals surface area contributed by atoms with Crippen LogP contribution in [0.5, 0.6) is 0 Å². The highest BCUT2D eigenvalue weighted by Crippen LogP contribution is 2.61. The van der Waals surface area contributed by atoms with Crippen molar-refractivity contribution in [2.24, 2.45) is 23.7 Å². The summed E-state index contributed by atoms with van der Waals surface area (Å²) < 4.78 is 21.1. The summed E-state index contributed by atoms with van der Waals surface area (Å²) in [6.45, 7) is 24.2. The van der Waals surface area contributed by atoms with E-state index in [-0.39, 0.29) is 22.6 Å². The zero-order chi connectivity index (χ0) is 66.0. The van der Waals surface area contributed by atoms with Crippen molar-refractivity contribution < 1.29 is 9.59 Å². The number of unbranched alkanes of at least 4 members (excludes halogenated alkanes) is 4. The Morgan fingerprint density at radius 2 is 0.745 bits per heavy atom. The first-order valence-electron chi connectivity index (χ1n) is 35.7. The molecule has 8 aromatic rings. The van der Waals surface area contributed by atoms with Crippen LogP contribution in [0.1, 0.15) is 231 Å². The first kappa shape index (κ1) is 68.5. The smallest absolute Gasteiger partial charge is 0.266 e. The Morgan fingerprint density at radius 1 is 0.415 bits per heavy atom. The minimum atomic E-state index is -0.224. The van der Waals surface area contributed by atoms with Gasteiger partial charge in [0.2, 0.25) is 0 Å². The maximum absolute atomic E-state index is 13.5. The quantitative estimate of drug-likeness (QED) is 0.0320. The summed E-state index contributed by atoms with van der Waals surface area (Å²) in [6, 6.07) is 34.3. The van der Waals surface area contributed by atoms with E-state index in [0.29, 0.717) is 55.2 Å². The number of benzene rings is 6. The summed E-state index contributed by atoms with van der Waals surface area (Å²) in [5, 5.41) is 2.67. The predicted molar refractivity (Wildman–Crippen MR) is 412 cm³/mol. The van der Waals surface area contributed by atoms with E-state index >= 15 is 0 Å². The zero-order valence-electron chi connectivity index (χ0n) is 57.1. The Labute approximate surface area is 587 Å². The summed E-state index contributed by atoms with van der Waals surface area (Å²) in [4.78, 5) is 31.6. The summed E-state index contributed by atoms with van der Waals surface area (Å²) in [5.41, 5.74) is 20.7. The van der Waals surface area contributed by atoms with Crippen molar-refractivity contribution in [3.8, 4) is 44.5 Å². The molecule has 0 radical (unpaired) electrons. The van der Waals surface area contributed by atoms with Crippen molar-refractivity contribution in [3.63, 3.8) is 0 Å². The van der Waals surface area contributed by atoms with E-state index in [1.54, 1.807) is 9.80 Å². The summed E-state index contributed by atoms with van der Waals surface area (Å²) in [7, 11) is 0. The van der Waals surface area contributed by atoms with Crippen LogP contribution in [0.3, 0.4) is 0 Å². The third-order valence-corrected chi connectivity index (χ3v) is 25.8. The van der Waals surface area contributed by atoms with E-state index in [2.05, 4.69) is 140 Å². The molecule has 2 aromatic heterocycles. The fourth-order valence-corrected chi connectivity index (χ4v) is 20.6. The number of carbonyl (C=O) groups excluding carboxylic acids is 2. The lowest BCUT2D eigenvalue weighted by atomic mass is 9.64. The number of hydrogen-bond donors (Lipinski definition) is 0. The van der Waals surface area contributed by atoms with Crippen LogP contribution in [-0.2, 0) is 20.4 Å². The second kappa shape index (κ2) is 29.7. The van der Waals surface area contributed by atoms with Gasteiger partial charge in [0.15, 0.2) is 0 Å².